The second-order valence-electron chi connectivity index (χ2n) is 4.31. The van der Waals surface area contributed by atoms with Crippen molar-refractivity contribution in [3.63, 3.8) is 0 Å². The smallest absolute Gasteiger partial charge is 0.188 e. The Balaban J connectivity index is 2.57. The fraction of sp³-hybridized carbons (Fsp3) is 0.727. The monoisotopic (exact) mass is 197 g/mol. The number of hydrogen-bond acceptors (Lipinski definition) is 3. The summed E-state index contributed by atoms with van der Waals surface area (Å²) in [6.45, 7) is 6.02. The van der Waals surface area contributed by atoms with Gasteiger partial charge >= 0.3 is 0 Å². The van der Waals surface area contributed by atoms with Crippen LogP contribution < -0.4 is 11.2 Å². The molecule has 3 heteroatoms. The summed E-state index contributed by atoms with van der Waals surface area (Å²) >= 11 is 0. The summed E-state index contributed by atoms with van der Waals surface area (Å²) in [5, 5.41) is 9.77. The van der Waals surface area contributed by atoms with Gasteiger partial charge in [-0.25, -0.2) is 0 Å². The molecule has 1 unspecified atom stereocenters. The summed E-state index contributed by atoms with van der Waals surface area (Å²) in [4.78, 5) is 11.2. The average Bonchev–Trinajstić information content (AvgIpc) is 2.73. The number of hydrogen-bond donors (Lipinski definition) is 2. The molecule has 1 aromatic rings. The molecular weight excluding hydrogens is 178 g/mol. The van der Waals surface area contributed by atoms with E-state index in [1.54, 1.807) is 0 Å². The van der Waals surface area contributed by atoms with Gasteiger partial charge < -0.3 is 10.8 Å². The molecule has 0 amide bonds. The third-order valence-electron chi connectivity index (χ3n) is 2.58. The van der Waals surface area contributed by atoms with Crippen LogP contribution in [0.3, 0.4) is 0 Å². The molecule has 0 saturated heterocycles. The lowest BCUT2D eigenvalue weighted by Crippen LogP contribution is -2.29. The van der Waals surface area contributed by atoms with Crippen LogP contribution in [0.15, 0.2) is 4.79 Å². The lowest BCUT2D eigenvalue weighted by Gasteiger charge is -2.17. The molecule has 3 N–H and O–H groups in total. The molecule has 1 rings (SSSR count). The van der Waals surface area contributed by atoms with Crippen molar-refractivity contribution < 1.29 is 5.11 Å². The van der Waals surface area contributed by atoms with Crippen LogP contribution in [0.5, 0.6) is 0 Å². The van der Waals surface area contributed by atoms with E-state index < -0.39 is 6.10 Å². The predicted molar refractivity (Wildman–Crippen MR) is 56.9 cm³/mol. The summed E-state index contributed by atoms with van der Waals surface area (Å²) < 4.78 is 0. The fourth-order valence-corrected chi connectivity index (χ4v) is 1.77. The summed E-state index contributed by atoms with van der Waals surface area (Å²) in [7, 11) is 0. The molecule has 0 bridgehead atoms. The minimum Gasteiger partial charge on any atom is -0.387 e. The van der Waals surface area contributed by atoms with Crippen LogP contribution in [-0.2, 0) is 6.42 Å². The van der Waals surface area contributed by atoms with E-state index in [0.717, 1.165) is 12.0 Å². The van der Waals surface area contributed by atoms with Gasteiger partial charge in [0.15, 0.2) is 5.43 Å². The maximum atomic E-state index is 11.2. The van der Waals surface area contributed by atoms with E-state index in [-0.39, 0.29) is 11.5 Å². The largest absolute Gasteiger partial charge is 0.387 e. The lowest BCUT2D eigenvalue weighted by molar-refractivity contribution is 0.138. The molecule has 0 fully saturated rings. The van der Waals surface area contributed by atoms with Crippen LogP contribution in [0, 0.1) is 5.92 Å². The van der Waals surface area contributed by atoms with E-state index >= 15 is 0 Å². The molecule has 0 aliphatic heterocycles. The highest BCUT2D eigenvalue weighted by Gasteiger charge is 2.30. The van der Waals surface area contributed by atoms with Crippen molar-refractivity contribution in [1.29, 1.82) is 0 Å². The van der Waals surface area contributed by atoms with Gasteiger partial charge in [0.2, 0.25) is 0 Å². The number of aliphatic hydroxyl groups excluding tert-OH is 1. The second-order valence-corrected chi connectivity index (χ2v) is 4.31. The van der Waals surface area contributed by atoms with E-state index in [2.05, 4.69) is 13.8 Å². The lowest BCUT2D eigenvalue weighted by atomic mass is 9.98. The highest BCUT2D eigenvalue weighted by molar-refractivity contribution is 5.41. The first-order chi connectivity index (χ1) is 6.49. The van der Waals surface area contributed by atoms with Crippen LogP contribution in [-0.4, -0.2) is 11.1 Å². The summed E-state index contributed by atoms with van der Waals surface area (Å²) in [5.41, 5.74) is 7.17. The zero-order chi connectivity index (χ0) is 10.9. The normalized spacial score (nSPS) is 16.4. The van der Waals surface area contributed by atoms with Crippen molar-refractivity contribution in [3.8, 4) is 0 Å². The van der Waals surface area contributed by atoms with Crippen LogP contribution in [0.4, 0.5) is 0 Å². The number of aliphatic hydroxyl groups is 1. The predicted octanol–water partition coefficient (Wildman–Crippen LogP) is 0.892. The van der Waals surface area contributed by atoms with Crippen molar-refractivity contribution in [1.82, 2.24) is 0 Å². The highest BCUT2D eigenvalue weighted by Crippen LogP contribution is 2.24. The first kappa shape index (κ1) is 11.4. The number of rotatable bonds is 5. The molecule has 3 nitrogen and oxygen atoms in total. The third-order valence-corrected chi connectivity index (χ3v) is 2.58. The van der Waals surface area contributed by atoms with E-state index in [0.29, 0.717) is 17.9 Å². The molecule has 14 heavy (non-hydrogen) atoms. The Labute approximate surface area is 84.6 Å². The quantitative estimate of drug-likeness (QED) is 0.737. The van der Waals surface area contributed by atoms with E-state index in [9.17, 15) is 9.90 Å². The zero-order valence-corrected chi connectivity index (χ0v) is 9.08. The molecule has 80 valence electrons. The van der Waals surface area contributed by atoms with Crippen molar-refractivity contribution >= 4 is 0 Å². The Morgan fingerprint density at radius 3 is 2.36 bits per heavy atom. The molecule has 1 aromatic carbocycles. The molecule has 0 radical (unpaired) electrons. The molecule has 2 atom stereocenters. The van der Waals surface area contributed by atoms with Gasteiger partial charge in [0.1, 0.15) is 0 Å². The van der Waals surface area contributed by atoms with E-state index in [1.807, 2.05) is 6.92 Å². The van der Waals surface area contributed by atoms with Gasteiger partial charge in [-0.2, -0.15) is 0 Å². The number of nitrogens with two attached hydrogens (primary N) is 1. The first-order valence-electron chi connectivity index (χ1n) is 5.20. The Morgan fingerprint density at radius 1 is 1.43 bits per heavy atom. The molecule has 0 saturated carbocycles. The second kappa shape index (κ2) is 4.24. The van der Waals surface area contributed by atoms with E-state index in [4.69, 9.17) is 5.73 Å². The van der Waals surface area contributed by atoms with E-state index in [1.165, 1.54) is 0 Å². The van der Waals surface area contributed by atoms with Crippen LogP contribution in [0.25, 0.3) is 0 Å². The summed E-state index contributed by atoms with van der Waals surface area (Å²) in [6, 6.07) is -0.307. The minimum atomic E-state index is -0.750. The van der Waals surface area contributed by atoms with Gasteiger partial charge in [-0.15, -0.1) is 0 Å². The van der Waals surface area contributed by atoms with Crippen LogP contribution >= 0.6 is 0 Å². The molecule has 0 spiro atoms. The third kappa shape index (κ3) is 2.22. The fourth-order valence-electron chi connectivity index (χ4n) is 1.77. The minimum absolute atomic E-state index is 0.0270. The Hall–Kier alpha value is -0.670. The average molecular weight is 197 g/mol. The molecular formula is C11H19NO2. The molecule has 0 aliphatic rings. The Kier molecular flexibility index (Phi) is 3.45. The van der Waals surface area contributed by atoms with Crippen molar-refractivity contribution in [2.24, 2.45) is 11.7 Å². The first-order valence-corrected chi connectivity index (χ1v) is 5.20. The van der Waals surface area contributed by atoms with Crippen molar-refractivity contribution in [3.05, 3.63) is 21.4 Å². The highest BCUT2D eigenvalue weighted by atomic mass is 16.3. The maximum absolute atomic E-state index is 11.2. The van der Waals surface area contributed by atoms with Gasteiger partial charge in [0, 0.05) is 17.2 Å². The molecule has 0 aromatic heterocycles. The Morgan fingerprint density at radius 2 is 2.00 bits per heavy atom. The molecule has 0 heterocycles. The Bertz CT molecular complexity index is 310. The van der Waals surface area contributed by atoms with Crippen molar-refractivity contribution in [2.75, 3.05) is 0 Å². The summed E-state index contributed by atoms with van der Waals surface area (Å²) in [5.74, 6) is 0.444. The van der Waals surface area contributed by atoms with Crippen LogP contribution in [0.2, 0.25) is 0 Å². The topological polar surface area (TPSA) is 63.3 Å². The van der Waals surface area contributed by atoms with Gasteiger partial charge in [-0.3, -0.25) is 4.79 Å². The van der Waals surface area contributed by atoms with Gasteiger partial charge in [-0.1, -0.05) is 20.8 Å². The standard InChI is InChI=1S/C11H19NO2/c1-4-7-9(10(7)13)11(14)8(12)5-6(2)3/h6,8,11,14H,4-5,12H2,1-3H3/t8-,11?/m0/s1. The van der Waals surface area contributed by atoms with Crippen molar-refractivity contribution in [2.45, 2.75) is 45.8 Å². The maximum Gasteiger partial charge on any atom is 0.188 e. The van der Waals surface area contributed by atoms with Gasteiger partial charge in [0.05, 0.1) is 6.10 Å². The van der Waals surface area contributed by atoms with Crippen LogP contribution in [0.1, 0.15) is 44.4 Å². The van der Waals surface area contributed by atoms with Gasteiger partial charge in [-0.05, 0) is 18.8 Å². The zero-order valence-electron chi connectivity index (χ0n) is 9.08. The van der Waals surface area contributed by atoms with Gasteiger partial charge in [0.25, 0.3) is 0 Å². The molecule has 0 aliphatic carbocycles. The summed E-state index contributed by atoms with van der Waals surface area (Å²) in [6.07, 6.45) is 0.703. The SMILES string of the molecule is CCc1c(C(O)[C@@H](N)CC(C)C)c1=O.